The number of allylic oxidation sites excluding steroid dienone is 1. The van der Waals surface area contributed by atoms with Crippen molar-refractivity contribution in [2.45, 2.75) is 20.3 Å². The van der Waals surface area contributed by atoms with Crippen molar-refractivity contribution in [3.8, 4) is 0 Å². The van der Waals surface area contributed by atoms with Gasteiger partial charge in [0.2, 0.25) is 11.8 Å². The molecule has 2 N–H and O–H groups in total. The molecule has 1 aliphatic rings. The number of carbonyl (C=O) groups excluding carboxylic acids is 3. The highest BCUT2D eigenvalue weighted by atomic mass is 79.9. The van der Waals surface area contributed by atoms with Gasteiger partial charge < -0.3 is 0 Å². The van der Waals surface area contributed by atoms with Crippen molar-refractivity contribution in [3.05, 3.63) is 12.2 Å². The predicted molar refractivity (Wildman–Crippen MR) is 66.5 cm³/mol. The number of amides is 4. The molecular weight excluding hydrogens is 288 g/mol. The molecule has 17 heavy (non-hydrogen) atoms. The van der Waals surface area contributed by atoms with Crippen LogP contribution in [0.15, 0.2) is 12.2 Å². The van der Waals surface area contributed by atoms with Crippen molar-refractivity contribution in [2.75, 3.05) is 5.33 Å². The minimum absolute atomic E-state index is 0.189. The summed E-state index contributed by atoms with van der Waals surface area (Å²) >= 11 is 3.21. The quantitative estimate of drug-likeness (QED) is 0.467. The summed E-state index contributed by atoms with van der Waals surface area (Å²) in [6.07, 6.45) is 3.91. The molecular formula is C11H15BrN2O3. The summed E-state index contributed by atoms with van der Waals surface area (Å²) in [6, 6.07) is -0.758. The molecule has 5 nitrogen and oxygen atoms in total. The Hall–Kier alpha value is -1.17. The zero-order valence-corrected chi connectivity index (χ0v) is 11.3. The molecule has 94 valence electrons. The van der Waals surface area contributed by atoms with E-state index in [1.165, 1.54) is 0 Å². The lowest BCUT2D eigenvalue weighted by molar-refractivity contribution is -0.144. The first-order valence-electron chi connectivity index (χ1n) is 5.39. The molecule has 1 aliphatic heterocycles. The molecule has 0 aliphatic carbocycles. The molecule has 0 aromatic heterocycles. The van der Waals surface area contributed by atoms with Crippen LogP contribution in [-0.2, 0) is 9.59 Å². The second-order valence-electron chi connectivity index (χ2n) is 3.97. The lowest BCUT2D eigenvalue weighted by Crippen LogP contribution is -2.63. The van der Waals surface area contributed by atoms with E-state index in [1.54, 1.807) is 12.2 Å². The molecule has 0 aromatic carbocycles. The molecule has 6 heteroatoms. The molecule has 1 rings (SSSR count). The van der Waals surface area contributed by atoms with Gasteiger partial charge in [0.05, 0.1) is 0 Å². The maximum atomic E-state index is 12.0. The summed E-state index contributed by atoms with van der Waals surface area (Å²) in [4.78, 5) is 35.0. The number of alkyl halides is 1. The summed E-state index contributed by atoms with van der Waals surface area (Å²) in [5, 5.41) is 4.84. The van der Waals surface area contributed by atoms with Gasteiger partial charge in [-0.2, -0.15) is 0 Å². The minimum Gasteiger partial charge on any atom is -0.277 e. The molecule has 1 saturated heterocycles. The molecule has 1 heterocycles. The van der Waals surface area contributed by atoms with E-state index in [-0.39, 0.29) is 5.92 Å². The van der Waals surface area contributed by atoms with Crippen molar-refractivity contribution in [2.24, 2.45) is 11.3 Å². The standard InChI is InChI=1S/C11H15BrN2O3/c1-3-7(2)11(5-4-6-12)8(15)13-10(17)14-9(11)16/h4-5,7H,3,6H2,1-2H3,(H2,13,14,15,16,17)/b5-4+. The molecule has 1 unspecified atom stereocenters. The highest BCUT2D eigenvalue weighted by molar-refractivity contribution is 9.09. The first-order valence-corrected chi connectivity index (χ1v) is 6.51. The third-order valence-electron chi connectivity index (χ3n) is 3.07. The van der Waals surface area contributed by atoms with Crippen LogP contribution in [0.4, 0.5) is 4.79 Å². The zero-order valence-electron chi connectivity index (χ0n) is 9.75. The Kier molecular flexibility index (Phi) is 4.45. The van der Waals surface area contributed by atoms with Crippen molar-refractivity contribution >= 4 is 33.8 Å². The largest absolute Gasteiger partial charge is 0.328 e. The summed E-state index contributed by atoms with van der Waals surface area (Å²) in [6.45, 7) is 3.71. The van der Waals surface area contributed by atoms with Gasteiger partial charge in [0, 0.05) is 5.33 Å². The number of carbonyl (C=O) groups is 3. The number of imide groups is 2. The van der Waals surface area contributed by atoms with Crippen molar-refractivity contribution in [3.63, 3.8) is 0 Å². The lowest BCUT2D eigenvalue weighted by Gasteiger charge is -2.35. The number of halogens is 1. The molecule has 1 atom stereocenters. The average molecular weight is 303 g/mol. The van der Waals surface area contributed by atoms with E-state index in [9.17, 15) is 14.4 Å². The fraction of sp³-hybridized carbons (Fsp3) is 0.545. The summed E-state index contributed by atoms with van der Waals surface area (Å²) in [5.74, 6) is -1.30. The summed E-state index contributed by atoms with van der Waals surface area (Å²) in [7, 11) is 0. The topological polar surface area (TPSA) is 75.3 Å². The van der Waals surface area contributed by atoms with Crippen LogP contribution in [0.5, 0.6) is 0 Å². The normalized spacial score (nSPS) is 21.2. The smallest absolute Gasteiger partial charge is 0.277 e. The van der Waals surface area contributed by atoms with E-state index in [1.807, 2.05) is 13.8 Å². The van der Waals surface area contributed by atoms with Crippen molar-refractivity contribution in [1.29, 1.82) is 0 Å². The van der Waals surface area contributed by atoms with Gasteiger partial charge in [-0.1, -0.05) is 48.4 Å². The van der Waals surface area contributed by atoms with Crippen LogP contribution in [-0.4, -0.2) is 23.2 Å². The van der Waals surface area contributed by atoms with Crippen LogP contribution in [0.3, 0.4) is 0 Å². The van der Waals surface area contributed by atoms with E-state index in [4.69, 9.17) is 0 Å². The minimum atomic E-state index is -1.30. The van der Waals surface area contributed by atoms with Crippen molar-refractivity contribution < 1.29 is 14.4 Å². The summed E-state index contributed by atoms with van der Waals surface area (Å²) < 4.78 is 0. The Bertz CT molecular complexity index is 359. The highest BCUT2D eigenvalue weighted by Crippen LogP contribution is 2.34. The van der Waals surface area contributed by atoms with E-state index < -0.39 is 23.3 Å². The molecule has 0 aromatic rings. The van der Waals surface area contributed by atoms with Gasteiger partial charge in [0.1, 0.15) is 5.41 Å². The molecule has 0 radical (unpaired) electrons. The van der Waals surface area contributed by atoms with Crippen LogP contribution < -0.4 is 10.6 Å². The average Bonchev–Trinajstić information content (AvgIpc) is 2.27. The third kappa shape index (κ3) is 2.41. The fourth-order valence-corrected chi connectivity index (χ4v) is 2.05. The van der Waals surface area contributed by atoms with E-state index >= 15 is 0 Å². The number of rotatable bonds is 4. The Labute approximate surface area is 108 Å². The number of hydrogen-bond donors (Lipinski definition) is 2. The van der Waals surface area contributed by atoms with Gasteiger partial charge in [0.15, 0.2) is 0 Å². The number of urea groups is 1. The molecule has 4 amide bonds. The number of nitrogens with one attached hydrogen (secondary N) is 2. The first kappa shape index (κ1) is 13.9. The van der Waals surface area contributed by atoms with Crippen LogP contribution in [0.2, 0.25) is 0 Å². The van der Waals surface area contributed by atoms with E-state index in [2.05, 4.69) is 26.6 Å². The zero-order chi connectivity index (χ0) is 13.1. The van der Waals surface area contributed by atoms with Gasteiger partial charge in [-0.05, 0) is 5.92 Å². The van der Waals surface area contributed by atoms with Crippen LogP contribution >= 0.6 is 15.9 Å². The predicted octanol–water partition coefficient (Wildman–Crippen LogP) is 1.34. The Balaban J connectivity index is 3.20. The van der Waals surface area contributed by atoms with Gasteiger partial charge in [-0.15, -0.1) is 0 Å². The monoisotopic (exact) mass is 302 g/mol. The molecule has 1 fully saturated rings. The Morgan fingerprint density at radius 2 is 1.82 bits per heavy atom. The molecule has 0 spiro atoms. The second kappa shape index (κ2) is 5.44. The third-order valence-corrected chi connectivity index (χ3v) is 3.44. The maximum absolute atomic E-state index is 12.0. The molecule has 0 bridgehead atoms. The van der Waals surface area contributed by atoms with Crippen LogP contribution in [0, 0.1) is 11.3 Å². The first-order chi connectivity index (χ1) is 7.98. The SMILES string of the molecule is CCC(C)C1(/C=C/CBr)C(=O)NC(=O)NC1=O. The van der Waals surface area contributed by atoms with E-state index in [0.717, 1.165) is 0 Å². The maximum Gasteiger partial charge on any atom is 0.328 e. The highest BCUT2D eigenvalue weighted by Gasteiger charge is 2.51. The second-order valence-corrected chi connectivity index (χ2v) is 4.62. The van der Waals surface area contributed by atoms with Gasteiger partial charge >= 0.3 is 6.03 Å². The van der Waals surface area contributed by atoms with Gasteiger partial charge in [0.25, 0.3) is 0 Å². The fourth-order valence-electron chi connectivity index (χ4n) is 1.86. The van der Waals surface area contributed by atoms with Gasteiger partial charge in [-0.25, -0.2) is 4.79 Å². The van der Waals surface area contributed by atoms with Crippen molar-refractivity contribution in [1.82, 2.24) is 10.6 Å². The molecule has 0 saturated carbocycles. The summed E-state index contributed by atoms with van der Waals surface area (Å²) in [5.41, 5.74) is -1.30. The Morgan fingerprint density at radius 1 is 1.29 bits per heavy atom. The van der Waals surface area contributed by atoms with Gasteiger partial charge in [-0.3, -0.25) is 20.2 Å². The lowest BCUT2D eigenvalue weighted by atomic mass is 9.72. The van der Waals surface area contributed by atoms with E-state index in [0.29, 0.717) is 11.8 Å². The van der Waals surface area contributed by atoms with Crippen LogP contribution in [0.1, 0.15) is 20.3 Å². The Morgan fingerprint density at radius 3 is 2.24 bits per heavy atom. The number of hydrogen-bond acceptors (Lipinski definition) is 3. The van der Waals surface area contributed by atoms with Crippen LogP contribution in [0.25, 0.3) is 0 Å². The number of barbiturate groups is 1.